The van der Waals surface area contributed by atoms with Gasteiger partial charge in [0.2, 0.25) is 5.91 Å². The molecule has 2 rings (SSSR count). The van der Waals surface area contributed by atoms with E-state index in [9.17, 15) is 4.79 Å². The second kappa shape index (κ2) is 8.93. The van der Waals surface area contributed by atoms with Gasteiger partial charge in [-0.25, -0.2) is 0 Å². The standard InChI is InChI=1S/C16H30N2OS/c1-20-15-11-7-6-10-14(15)17-12-16(19)18-13-8-4-2-3-5-9-13/h13-15,17H,2-12H2,1H3,(H,18,19). The van der Waals surface area contributed by atoms with E-state index in [1.807, 2.05) is 11.8 Å². The van der Waals surface area contributed by atoms with E-state index in [-0.39, 0.29) is 5.91 Å². The van der Waals surface area contributed by atoms with Gasteiger partial charge in [0.1, 0.15) is 0 Å². The van der Waals surface area contributed by atoms with Crippen LogP contribution in [-0.4, -0.2) is 36.0 Å². The first kappa shape index (κ1) is 16.2. The molecule has 0 bridgehead atoms. The number of nitrogens with one attached hydrogen (secondary N) is 2. The molecule has 3 nitrogen and oxygen atoms in total. The summed E-state index contributed by atoms with van der Waals surface area (Å²) < 4.78 is 0. The lowest BCUT2D eigenvalue weighted by Gasteiger charge is -2.31. The van der Waals surface area contributed by atoms with E-state index < -0.39 is 0 Å². The van der Waals surface area contributed by atoms with Gasteiger partial charge < -0.3 is 10.6 Å². The van der Waals surface area contributed by atoms with Crippen molar-refractivity contribution in [1.29, 1.82) is 0 Å². The van der Waals surface area contributed by atoms with Gasteiger partial charge in [-0.2, -0.15) is 11.8 Å². The molecule has 0 aromatic carbocycles. The van der Waals surface area contributed by atoms with Crippen molar-refractivity contribution in [3.8, 4) is 0 Å². The third-order valence-corrected chi connectivity index (χ3v) is 5.92. The predicted molar refractivity (Wildman–Crippen MR) is 87.2 cm³/mol. The van der Waals surface area contributed by atoms with Gasteiger partial charge in [-0.05, 0) is 31.9 Å². The summed E-state index contributed by atoms with van der Waals surface area (Å²) in [5.74, 6) is 0.197. The molecule has 0 aromatic rings. The van der Waals surface area contributed by atoms with Gasteiger partial charge in [0.05, 0.1) is 6.54 Å². The van der Waals surface area contributed by atoms with Crippen LogP contribution in [0.4, 0.5) is 0 Å². The zero-order valence-electron chi connectivity index (χ0n) is 12.8. The average molecular weight is 298 g/mol. The molecule has 2 atom stereocenters. The summed E-state index contributed by atoms with van der Waals surface area (Å²) in [6.07, 6.45) is 14.9. The molecule has 2 aliphatic rings. The Morgan fingerprint density at radius 3 is 2.35 bits per heavy atom. The molecule has 0 heterocycles. The van der Waals surface area contributed by atoms with E-state index in [1.54, 1.807) is 0 Å². The lowest BCUT2D eigenvalue weighted by Crippen LogP contribution is -2.47. The van der Waals surface area contributed by atoms with E-state index in [4.69, 9.17) is 0 Å². The predicted octanol–water partition coefficient (Wildman–Crippen LogP) is 3.09. The first-order chi connectivity index (χ1) is 9.79. The number of carbonyl (C=O) groups is 1. The van der Waals surface area contributed by atoms with E-state index in [1.165, 1.54) is 64.2 Å². The molecule has 0 saturated heterocycles. The van der Waals surface area contributed by atoms with Gasteiger partial charge in [0.15, 0.2) is 0 Å². The van der Waals surface area contributed by atoms with Crippen molar-refractivity contribution < 1.29 is 4.79 Å². The molecular formula is C16H30N2OS. The van der Waals surface area contributed by atoms with Crippen molar-refractivity contribution in [2.24, 2.45) is 0 Å². The SMILES string of the molecule is CSC1CCCCC1NCC(=O)NC1CCCCCC1. The molecule has 116 valence electrons. The van der Waals surface area contributed by atoms with Crippen molar-refractivity contribution >= 4 is 17.7 Å². The summed E-state index contributed by atoms with van der Waals surface area (Å²) >= 11 is 1.95. The van der Waals surface area contributed by atoms with Gasteiger partial charge in [0.25, 0.3) is 0 Å². The molecule has 2 fully saturated rings. The van der Waals surface area contributed by atoms with E-state index in [0.29, 0.717) is 23.9 Å². The Morgan fingerprint density at radius 1 is 1.00 bits per heavy atom. The Hall–Kier alpha value is -0.220. The minimum absolute atomic E-state index is 0.197. The molecule has 0 aromatic heterocycles. The molecule has 0 spiro atoms. The second-order valence-corrected chi connectivity index (χ2v) is 7.38. The lowest BCUT2D eigenvalue weighted by atomic mass is 9.95. The minimum atomic E-state index is 0.197. The lowest BCUT2D eigenvalue weighted by molar-refractivity contribution is -0.121. The number of hydrogen-bond donors (Lipinski definition) is 2. The van der Waals surface area contributed by atoms with Crippen molar-refractivity contribution in [1.82, 2.24) is 10.6 Å². The highest BCUT2D eigenvalue weighted by Crippen LogP contribution is 2.27. The van der Waals surface area contributed by atoms with Crippen LogP contribution in [0.2, 0.25) is 0 Å². The van der Waals surface area contributed by atoms with Crippen molar-refractivity contribution in [3.63, 3.8) is 0 Å². The highest BCUT2D eigenvalue weighted by molar-refractivity contribution is 7.99. The molecule has 2 N–H and O–H groups in total. The molecule has 0 radical (unpaired) electrons. The van der Waals surface area contributed by atoms with Crippen molar-refractivity contribution in [3.05, 3.63) is 0 Å². The third kappa shape index (κ3) is 5.28. The Morgan fingerprint density at radius 2 is 1.65 bits per heavy atom. The van der Waals surface area contributed by atoms with Crippen LogP contribution in [0, 0.1) is 0 Å². The molecular weight excluding hydrogens is 268 g/mol. The summed E-state index contributed by atoms with van der Waals surface area (Å²) in [6, 6.07) is 0.952. The first-order valence-corrected chi connectivity index (χ1v) is 9.64. The number of thioether (sulfide) groups is 1. The highest BCUT2D eigenvalue weighted by Gasteiger charge is 2.24. The molecule has 1 amide bonds. The van der Waals surface area contributed by atoms with Gasteiger partial charge in [-0.15, -0.1) is 0 Å². The quantitative estimate of drug-likeness (QED) is 0.766. The maximum absolute atomic E-state index is 12.1. The van der Waals surface area contributed by atoms with Crippen molar-refractivity contribution in [2.75, 3.05) is 12.8 Å². The van der Waals surface area contributed by atoms with Crippen LogP contribution in [-0.2, 0) is 4.79 Å². The molecule has 2 saturated carbocycles. The molecule has 2 aliphatic carbocycles. The second-order valence-electron chi connectivity index (χ2n) is 6.30. The van der Waals surface area contributed by atoms with Crippen LogP contribution in [0.25, 0.3) is 0 Å². The maximum Gasteiger partial charge on any atom is 0.234 e. The Balaban J connectivity index is 1.68. The summed E-state index contributed by atoms with van der Waals surface area (Å²) in [5.41, 5.74) is 0. The smallest absolute Gasteiger partial charge is 0.234 e. The van der Waals surface area contributed by atoms with Crippen LogP contribution < -0.4 is 10.6 Å². The summed E-state index contributed by atoms with van der Waals surface area (Å²) in [6.45, 7) is 0.498. The normalized spacial score (nSPS) is 28.9. The van der Waals surface area contributed by atoms with Gasteiger partial charge in [0, 0.05) is 17.3 Å². The van der Waals surface area contributed by atoms with Gasteiger partial charge in [-0.3, -0.25) is 4.79 Å². The van der Waals surface area contributed by atoms with Crippen LogP contribution in [0.3, 0.4) is 0 Å². The van der Waals surface area contributed by atoms with Crippen molar-refractivity contribution in [2.45, 2.75) is 81.5 Å². The summed E-state index contributed by atoms with van der Waals surface area (Å²) in [7, 11) is 0. The zero-order valence-corrected chi connectivity index (χ0v) is 13.6. The maximum atomic E-state index is 12.1. The molecule has 20 heavy (non-hydrogen) atoms. The number of amides is 1. The summed E-state index contributed by atoms with van der Waals surface area (Å²) in [4.78, 5) is 12.1. The molecule has 4 heteroatoms. The van der Waals surface area contributed by atoms with E-state index in [0.717, 1.165) is 0 Å². The Bertz CT molecular complexity index is 290. The average Bonchev–Trinajstić information content (AvgIpc) is 2.74. The Labute approximate surface area is 128 Å². The van der Waals surface area contributed by atoms with Gasteiger partial charge >= 0.3 is 0 Å². The minimum Gasteiger partial charge on any atom is -0.352 e. The molecule has 2 unspecified atom stereocenters. The number of hydrogen-bond acceptors (Lipinski definition) is 3. The fourth-order valence-corrected chi connectivity index (χ4v) is 4.50. The van der Waals surface area contributed by atoms with Crippen LogP contribution in [0.15, 0.2) is 0 Å². The first-order valence-electron chi connectivity index (χ1n) is 8.35. The largest absolute Gasteiger partial charge is 0.352 e. The summed E-state index contributed by atoms with van der Waals surface area (Å²) in [5, 5.41) is 7.41. The number of rotatable bonds is 5. The van der Waals surface area contributed by atoms with Crippen LogP contribution in [0.5, 0.6) is 0 Å². The van der Waals surface area contributed by atoms with E-state index >= 15 is 0 Å². The molecule has 0 aliphatic heterocycles. The van der Waals surface area contributed by atoms with Crippen LogP contribution in [0.1, 0.15) is 64.2 Å². The third-order valence-electron chi connectivity index (χ3n) is 4.75. The van der Waals surface area contributed by atoms with Gasteiger partial charge in [-0.1, -0.05) is 38.5 Å². The highest BCUT2D eigenvalue weighted by atomic mass is 32.2. The number of carbonyl (C=O) groups excluding carboxylic acids is 1. The fraction of sp³-hybridized carbons (Fsp3) is 0.938. The van der Waals surface area contributed by atoms with E-state index in [2.05, 4.69) is 16.9 Å². The topological polar surface area (TPSA) is 41.1 Å². The fourth-order valence-electron chi connectivity index (χ4n) is 3.54. The zero-order chi connectivity index (χ0) is 14.2. The monoisotopic (exact) mass is 298 g/mol. The van der Waals surface area contributed by atoms with Crippen LogP contribution >= 0.6 is 11.8 Å². The Kier molecular flexibility index (Phi) is 7.22.